The Bertz CT molecular complexity index is 4240. The number of hydrogen-bond donors (Lipinski definition) is 20. The van der Waals surface area contributed by atoms with Gasteiger partial charge in [0, 0.05) is 12.4 Å². The first-order valence-corrected chi connectivity index (χ1v) is 46.2. The first-order valence-electron chi connectivity index (χ1n) is 29.5. The molecule has 0 radical (unpaired) electrons. The number of imidazole rings is 6. The predicted octanol–water partition coefficient (Wildman–Crippen LogP) is -21.7. The number of nitrogens with zero attached hydrogens (tertiary/aromatic N) is 12. The Morgan fingerprint density at radius 2 is 0.746 bits per heavy atom. The summed E-state index contributed by atoms with van der Waals surface area (Å²) in [5.41, 5.74) is 0. The van der Waals surface area contributed by atoms with E-state index in [4.69, 9.17) is 85.6 Å². The average Bonchev–Trinajstić information content (AvgIpc) is 1.20. The smallest absolute Gasteiger partial charge is 1.00 e. The molecule has 680 valence electrons. The van der Waals surface area contributed by atoms with Crippen molar-refractivity contribution in [3.63, 3.8) is 0 Å². The van der Waals surface area contributed by atoms with E-state index in [1.807, 2.05) is 18.7 Å². The molecule has 0 aromatic carbocycles. The molecule has 23 N–H and O–H groups in total. The monoisotopic (exact) mass is 1970 g/mol. The Morgan fingerprint density at radius 1 is 0.449 bits per heavy atom. The maximum absolute atomic E-state index is 11.3. The van der Waals surface area contributed by atoms with Crippen LogP contribution in [-0.2, 0) is 145 Å². The zero-order valence-corrected chi connectivity index (χ0v) is 75.3. The number of carbonyl (C=O) groups excluding carboxylic acids is 3. The van der Waals surface area contributed by atoms with E-state index in [2.05, 4.69) is 43.1 Å². The fourth-order valence-electron chi connectivity index (χ4n) is 7.38. The largest absolute Gasteiger partial charge is 1.00 e. The van der Waals surface area contributed by atoms with Gasteiger partial charge in [0.2, 0.25) is 37.0 Å². The first-order chi connectivity index (χ1) is 49.8. The summed E-state index contributed by atoms with van der Waals surface area (Å²) in [6.07, 6.45) is 24.4. The van der Waals surface area contributed by atoms with Gasteiger partial charge in [0.1, 0.15) is 101 Å². The third-order valence-corrected chi connectivity index (χ3v) is 29.3. The van der Waals surface area contributed by atoms with Crippen molar-refractivity contribution < 1.29 is 299 Å². The fraction of sp³-hybridized carbons (Fsp3) is 0.510. The molecule has 0 bridgehead atoms. The number of hydrogen-bond acceptors (Lipinski definition) is 28. The molecule has 6 aromatic rings. The maximum atomic E-state index is 11.3. The van der Waals surface area contributed by atoms with Crippen LogP contribution in [-0.4, -0.2) is 240 Å². The molecular weight excluding hydrogens is 1890 g/mol. The minimum atomic E-state index is -6.22. The van der Waals surface area contributed by atoms with Crippen molar-refractivity contribution in [3.8, 4) is 0 Å². The first kappa shape index (κ1) is 129. The Kier molecular flexibility index (Phi) is 57.1. The van der Waals surface area contributed by atoms with Crippen molar-refractivity contribution in [1.29, 1.82) is 0 Å². The van der Waals surface area contributed by atoms with Gasteiger partial charge in [-0.05, 0) is 21.4 Å². The zero-order chi connectivity index (χ0) is 87.1. The van der Waals surface area contributed by atoms with Crippen molar-refractivity contribution in [2.75, 3.05) is 27.2 Å². The molecule has 0 saturated heterocycles. The van der Waals surface area contributed by atoms with E-state index in [0.29, 0.717) is 4.57 Å². The van der Waals surface area contributed by atoms with E-state index in [9.17, 15) is 110 Å². The van der Waals surface area contributed by atoms with Crippen LogP contribution >= 0.6 is 72.4 Å². The second-order valence-corrected chi connectivity index (χ2v) is 45.1. The number of ether oxygens (including phenoxy) is 3. The van der Waals surface area contributed by atoms with Gasteiger partial charge in [-0.25, -0.2) is 74.6 Å². The number of carbonyl (C=O) groups is 6. The zero-order valence-electron chi connectivity index (χ0n) is 62.1. The van der Waals surface area contributed by atoms with Gasteiger partial charge in [0.15, 0.2) is 66.6 Å². The standard InChI is InChI=1S/C9H13N2O4.2C8H17N2O11P3.C7H12N2O9P2.C7H8N2O4.C6H12N2Si.C3H5ClO2.CH4.3ClH.Na.2H2O/c1-14-8(12)5-10-3-4-11(7-10)6-9(13)15-2;2*1-7(11,22(13,14)15)4-9-2-3-10(6-9)5-8(12,23(16,17)18)24(19,20)21;10-6(11)3-8-1-2-9(5-8)4-7(12,19(13,14)15)20(16,17)18;10-6(11)3-8-1-2-9(5-8)4-7(12)13;1-9(2,3)8-5-4-7-6-8;1-6-3(5)2-4;;;;;;;/h3-4,7H,5-6H2,1-2H3;2*2-3,6,11-12H,4-5H2,1H3,(H5-,13,14,15,16,17,18,19,20,21);1-2,5,12H,3-4H2,(H4-,10,11,13,14,15,16,17,18);1-2,5H,3-4H2,(H-,10,11,12,13);4-6H,1-3H3;2H2,1H3;1H4;3*1H;;2*1H2/q+1;;;;;;;;;;;+1;;/p-4. The quantitative estimate of drug-likeness (QED) is 0.00497. The van der Waals surface area contributed by atoms with E-state index < -0.39 is 158 Å². The van der Waals surface area contributed by atoms with E-state index in [-0.39, 0.29) is 129 Å². The van der Waals surface area contributed by atoms with E-state index in [0.717, 1.165) is 86.6 Å². The molecule has 118 heavy (non-hydrogen) atoms. The SMILES string of the molecule is C.CC(O)(C[n+]1ccn(CC(O)(P(=O)(O)O)P(=O)(O)O)c1)P(=O)(O)O.CC(O)(C[n+]1ccn(CC(O)(P(=O)([O-])[O-])P(=O)([O-])O)c1)P(=O)([O-])O.COC(=O)CCl.COC(=O)Cn1cc[n+](CC(=O)OC)c1.C[Si](C)(C)n1ccnc1.O.O=C(O)C[n+]1ccn(CC(O)(P(=O)(O)O)P(=O)(O)O)c1.O=C(O)Cn1cc[n+](CC(=O)O)c1.[Cl-].[Cl-].[Cl-].[Na+].[OH-]. The van der Waals surface area contributed by atoms with Crippen LogP contribution in [0.3, 0.4) is 0 Å². The molecule has 6 heterocycles. The van der Waals surface area contributed by atoms with Crippen molar-refractivity contribution in [3.05, 3.63) is 112 Å². The van der Waals surface area contributed by atoms with Crippen molar-refractivity contribution in [2.24, 2.45) is 0 Å². The Hall–Kier alpha value is -4.62. The van der Waals surface area contributed by atoms with Crippen LogP contribution in [0.5, 0.6) is 0 Å². The third-order valence-electron chi connectivity index (χ3n) is 13.5. The molecule has 5 atom stereocenters. The molecule has 0 aliphatic carbocycles. The summed E-state index contributed by atoms with van der Waals surface area (Å²) < 4.78 is 116. The van der Waals surface area contributed by atoms with Crippen LogP contribution in [0.25, 0.3) is 0 Å². The maximum Gasteiger partial charge on any atom is 1.00 e. The number of aromatic nitrogens is 12. The normalized spacial score (nSPS) is 14.0. The molecule has 0 amide bonds. The van der Waals surface area contributed by atoms with Gasteiger partial charge in [0.05, 0.1) is 27.7 Å². The summed E-state index contributed by atoms with van der Waals surface area (Å²) in [5, 5.41) is 57.4. The molecule has 0 aliphatic rings. The Balaban J connectivity index is -0.000000204. The van der Waals surface area contributed by atoms with Crippen LogP contribution < -0.4 is 109 Å². The van der Waals surface area contributed by atoms with Crippen LogP contribution in [0.2, 0.25) is 19.6 Å². The van der Waals surface area contributed by atoms with E-state index >= 15 is 0 Å². The number of aliphatic hydroxyl groups is 5. The Labute approximate surface area is 715 Å². The molecule has 55 nitrogen and oxygen atoms in total. The number of aliphatic carboxylic acids is 3. The van der Waals surface area contributed by atoms with Crippen LogP contribution in [0.15, 0.2) is 112 Å². The molecule has 69 heteroatoms. The van der Waals surface area contributed by atoms with E-state index in [1.54, 1.807) is 27.9 Å². The van der Waals surface area contributed by atoms with Gasteiger partial charge < -0.3 is 199 Å². The summed E-state index contributed by atoms with van der Waals surface area (Å²) in [4.78, 5) is 218. The molecule has 0 aliphatic heterocycles. The summed E-state index contributed by atoms with van der Waals surface area (Å²) in [7, 11) is -41.9. The number of alkyl halides is 1. The minimum Gasteiger partial charge on any atom is -1.00 e. The van der Waals surface area contributed by atoms with Gasteiger partial charge >= 0.3 is 114 Å². The van der Waals surface area contributed by atoms with Crippen molar-refractivity contribution in [1.82, 2.24) is 32.1 Å². The van der Waals surface area contributed by atoms with Crippen LogP contribution in [0.4, 0.5) is 0 Å². The third kappa shape index (κ3) is 42.6. The molecule has 6 aromatic heterocycles. The second kappa shape index (κ2) is 52.2. The number of methoxy groups -OCH3 is 3. The van der Waals surface area contributed by atoms with Gasteiger partial charge in [-0.2, -0.15) is 0 Å². The summed E-state index contributed by atoms with van der Waals surface area (Å²) in [5.74, 6) is -4.23. The molecule has 0 saturated carbocycles. The summed E-state index contributed by atoms with van der Waals surface area (Å²) in [6, 6.07) is 0. The summed E-state index contributed by atoms with van der Waals surface area (Å²) in [6.45, 7) is 2.89. The topological polar surface area (TPSA) is 887 Å². The van der Waals surface area contributed by atoms with Crippen molar-refractivity contribution >= 4 is 116 Å². The number of carboxylic acid groups (broad SMARTS) is 3. The van der Waals surface area contributed by atoms with Gasteiger partial charge in [0.25, 0.3) is 0 Å². The number of carboxylic acids is 3. The van der Waals surface area contributed by atoms with Crippen LogP contribution in [0.1, 0.15) is 21.3 Å². The molecular formula is C49H91Cl4N12NaO43P8Si-2. The molecule has 0 fully saturated rings. The minimum absolute atomic E-state index is 0. The average molecular weight is 1980 g/mol. The molecule has 0 spiro atoms. The second-order valence-electron chi connectivity index (χ2n) is 24.0. The van der Waals surface area contributed by atoms with Gasteiger partial charge in [-0.1, -0.05) is 27.1 Å². The predicted molar refractivity (Wildman–Crippen MR) is 370 cm³/mol. The number of esters is 3. The number of rotatable bonds is 30. The number of halogens is 4. The van der Waals surface area contributed by atoms with Crippen LogP contribution in [0, 0.1) is 0 Å². The van der Waals surface area contributed by atoms with E-state index in [1.165, 1.54) is 55.4 Å². The van der Waals surface area contributed by atoms with Crippen molar-refractivity contribution in [2.45, 2.75) is 132 Å². The van der Waals surface area contributed by atoms with Gasteiger partial charge in [-0.15, -0.1) is 11.6 Å². The summed E-state index contributed by atoms with van der Waals surface area (Å²) >= 11 is 4.98. The van der Waals surface area contributed by atoms with Gasteiger partial charge in [-0.3, -0.25) is 27.6 Å². The molecule has 5 unspecified atom stereocenters. The molecule has 6 rings (SSSR count). The Morgan fingerprint density at radius 3 is 0.992 bits per heavy atom. The fourth-order valence-corrected chi connectivity index (χ4v) is 15.1.